The minimum absolute atomic E-state index is 0.815. The molecule has 0 N–H and O–H groups in total. The average Bonchev–Trinajstić information content (AvgIpc) is 2.17. The zero-order valence-corrected chi connectivity index (χ0v) is 8.74. The predicted molar refractivity (Wildman–Crippen MR) is 57.4 cm³/mol. The summed E-state index contributed by atoms with van der Waals surface area (Å²) in [6.07, 6.45) is 13.6. The van der Waals surface area contributed by atoms with Gasteiger partial charge in [-0.25, -0.2) is 0 Å². The lowest BCUT2D eigenvalue weighted by molar-refractivity contribution is 0.199. The van der Waals surface area contributed by atoms with E-state index < -0.39 is 0 Å². The van der Waals surface area contributed by atoms with Crippen molar-refractivity contribution in [2.75, 3.05) is 0 Å². The van der Waals surface area contributed by atoms with Crippen molar-refractivity contribution in [1.29, 1.82) is 0 Å². The maximum atomic E-state index is 2.46. The van der Waals surface area contributed by atoms with Gasteiger partial charge < -0.3 is 0 Å². The molecule has 0 bridgehead atoms. The Morgan fingerprint density at radius 3 is 2.46 bits per heavy atom. The average molecular weight is 176 g/mol. The van der Waals surface area contributed by atoms with Crippen LogP contribution in [0, 0.1) is 23.7 Å². The third-order valence-corrected chi connectivity index (χ3v) is 3.68. The Morgan fingerprint density at radius 2 is 1.69 bits per heavy atom. The van der Waals surface area contributed by atoms with Gasteiger partial charge >= 0.3 is 0 Å². The van der Waals surface area contributed by atoms with Crippen LogP contribution in [0.4, 0.5) is 0 Å². The van der Waals surface area contributed by atoms with Crippen molar-refractivity contribution in [1.82, 2.24) is 0 Å². The van der Waals surface area contributed by atoms with Crippen LogP contribution in [0.2, 0.25) is 0 Å². The Bertz CT molecular complexity index is 222. The van der Waals surface area contributed by atoms with E-state index in [1.807, 2.05) is 0 Å². The van der Waals surface area contributed by atoms with Gasteiger partial charge in [0.1, 0.15) is 0 Å². The van der Waals surface area contributed by atoms with Crippen LogP contribution < -0.4 is 0 Å². The van der Waals surface area contributed by atoms with Gasteiger partial charge in [0.25, 0.3) is 0 Å². The van der Waals surface area contributed by atoms with E-state index in [0.29, 0.717) is 0 Å². The minimum atomic E-state index is 0.815. The third kappa shape index (κ3) is 1.72. The molecule has 0 fully saturated rings. The van der Waals surface area contributed by atoms with E-state index in [1.54, 1.807) is 0 Å². The monoisotopic (exact) mass is 176 g/mol. The Hall–Kier alpha value is -0.520. The summed E-state index contributed by atoms with van der Waals surface area (Å²) in [6.45, 7) is 4.71. The fourth-order valence-corrected chi connectivity index (χ4v) is 2.90. The molecule has 72 valence electrons. The molecule has 0 saturated carbocycles. The van der Waals surface area contributed by atoms with Crippen LogP contribution in [0.3, 0.4) is 0 Å². The quantitative estimate of drug-likeness (QED) is 0.533. The Labute approximate surface area is 81.7 Å². The van der Waals surface area contributed by atoms with Crippen molar-refractivity contribution in [3.05, 3.63) is 24.3 Å². The van der Waals surface area contributed by atoms with Crippen molar-refractivity contribution < 1.29 is 0 Å². The summed E-state index contributed by atoms with van der Waals surface area (Å²) < 4.78 is 0. The lowest BCUT2D eigenvalue weighted by Gasteiger charge is -2.38. The second-order valence-electron chi connectivity index (χ2n) is 4.85. The van der Waals surface area contributed by atoms with Crippen LogP contribution in [-0.2, 0) is 0 Å². The van der Waals surface area contributed by atoms with Gasteiger partial charge in [-0.15, -0.1) is 0 Å². The molecule has 0 radical (unpaired) electrons. The summed E-state index contributed by atoms with van der Waals surface area (Å²) in [5, 5.41) is 0. The van der Waals surface area contributed by atoms with Crippen LogP contribution in [0.1, 0.15) is 33.1 Å². The highest BCUT2D eigenvalue weighted by Gasteiger charge is 2.31. The molecule has 0 saturated heterocycles. The molecule has 0 aromatic heterocycles. The number of hydrogen-bond donors (Lipinski definition) is 0. The highest BCUT2D eigenvalue weighted by atomic mass is 14.4. The largest absolute Gasteiger partial charge is 0.0882 e. The molecule has 0 heterocycles. The molecule has 0 nitrogen and oxygen atoms in total. The Morgan fingerprint density at radius 1 is 1.00 bits per heavy atom. The van der Waals surface area contributed by atoms with Crippen molar-refractivity contribution in [2.45, 2.75) is 33.1 Å². The standard InChI is InChI=1S/C13H20/c1-10(2)12-9-5-7-11-6-3-4-8-13(11)12/h3-5,9-13H,6-8H2,1-2H3. The van der Waals surface area contributed by atoms with Gasteiger partial charge in [-0.3, -0.25) is 0 Å². The van der Waals surface area contributed by atoms with Crippen LogP contribution in [0.5, 0.6) is 0 Å². The molecule has 0 heteroatoms. The van der Waals surface area contributed by atoms with Gasteiger partial charge in [-0.2, -0.15) is 0 Å². The zero-order valence-electron chi connectivity index (χ0n) is 8.74. The second-order valence-corrected chi connectivity index (χ2v) is 4.85. The summed E-state index contributed by atoms with van der Waals surface area (Å²) in [5.41, 5.74) is 0. The second kappa shape index (κ2) is 3.69. The molecule has 0 spiro atoms. The van der Waals surface area contributed by atoms with Gasteiger partial charge in [-0.1, -0.05) is 38.2 Å². The van der Waals surface area contributed by atoms with Crippen LogP contribution in [0.25, 0.3) is 0 Å². The predicted octanol–water partition coefficient (Wildman–Crippen LogP) is 3.80. The van der Waals surface area contributed by atoms with Gasteiger partial charge in [0.15, 0.2) is 0 Å². The zero-order chi connectivity index (χ0) is 9.26. The number of fused-ring (bicyclic) bond motifs is 1. The third-order valence-electron chi connectivity index (χ3n) is 3.68. The molecular formula is C13H20. The molecule has 0 aromatic rings. The van der Waals surface area contributed by atoms with Gasteiger partial charge in [0, 0.05) is 0 Å². The summed E-state index contributed by atoms with van der Waals surface area (Å²) in [4.78, 5) is 0. The number of rotatable bonds is 1. The van der Waals surface area contributed by atoms with Crippen molar-refractivity contribution in [3.8, 4) is 0 Å². The molecule has 13 heavy (non-hydrogen) atoms. The van der Waals surface area contributed by atoms with Crippen molar-refractivity contribution >= 4 is 0 Å². The number of allylic oxidation sites excluding steroid dienone is 4. The number of hydrogen-bond acceptors (Lipinski definition) is 0. The van der Waals surface area contributed by atoms with E-state index in [1.165, 1.54) is 19.3 Å². The summed E-state index contributed by atoms with van der Waals surface area (Å²) in [7, 11) is 0. The maximum Gasteiger partial charge on any atom is -0.0176 e. The van der Waals surface area contributed by atoms with Gasteiger partial charge in [0.05, 0.1) is 0 Å². The molecule has 3 unspecified atom stereocenters. The maximum absolute atomic E-state index is 2.46. The molecule has 0 aliphatic heterocycles. The van der Waals surface area contributed by atoms with E-state index in [4.69, 9.17) is 0 Å². The topological polar surface area (TPSA) is 0 Å². The lowest BCUT2D eigenvalue weighted by atomic mass is 9.67. The van der Waals surface area contributed by atoms with Crippen molar-refractivity contribution in [3.63, 3.8) is 0 Å². The summed E-state index contributed by atoms with van der Waals surface area (Å²) in [6, 6.07) is 0. The van der Waals surface area contributed by atoms with E-state index in [9.17, 15) is 0 Å². The highest BCUT2D eigenvalue weighted by Crippen LogP contribution is 2.41. The summed E-state index contributed by atoms with van der Waals surface area (Å²) >= 11 is 0. The molecule has 2 aliphatic carbocycles. The van der Waals surface area contributed by atoms with E-state index >= 15 is 0 Å². The summed E-state index contributed by atoms with van der Waals surface area (Å²) in [5.74, 6) is 3.54. The fraction of sp³-hybridized carbons (Fsp3) is 0.692. The molecule has 0 amide bonds. The van der Waals surface area contributed by atoms with Crippen LogP contribution >= 0.6 is 0 Å². The Kier molecular flexibility index (Phi) is 2.57. The molecular weight excluding hydrogens is 156 g/mol. The SMILES string of the molecule is CC(C)C1C=CCC2CC=CCC21. The minimum Gasteiger partial charge on any atom is -0.0882 e. The smallest absolute Gasteiger partial charge is 0.0176 e. The van der Waals surface area contributed by atoms with Crippen LogP contribution in [-0.4, -0.2) is 0 Å². The lowest BCUT2D eigenvalue weighted by Crippen LogP contribution is -2.29. The molecule has 2 rings (SSSR count). The van der Waals surface area contributed by atoms with E-state index in [2.05, 4.69) is 38.2 Å². The first-order valence-electron chi connectivity index (χ1n) is 5.60. The normalized spacial score (nSPS) is 37.9. The van der Waals surface area contributed by atoms with E-state index in [0.717, 1.165) is 23.7 Å². The van der Waals surface area contributed by atoms with Crippen LogP contribution in [0.15, 0.2) is 24.3 Å². The Balaban J connectivity index is 2.15. The van der Waals surface area contributed by atoms with Gasteiger partial charge in [0.2, 0.25) is 0 Å². The highest BCUT2D eigenvalue weighted by molar-refractivity contribution is 5.07. The molecule has 0 aromatic carbocycles. The first-order chi connectivity index (χ1) is 6.29. The van der Waals surface area contributed by atoms with Gasteiger partial charge in [-0.05, 0) is 42.9 Å². The first kappa shape index (κ1) is 9.05. The fourth-order valence-electron chi connectivity index (χ4n) is 2.90. The molecule has 2 aliphatic rings. The molecule has 3 atom stereocenters. The van der Waals surface area contributed by atoms with Crippen molar-refractivity contribution in [2.24, 2.45) is 23.7 Å². The first-order valence-corrected chi connectivity index (χ1v) is 5.60. The van der Waals surface area contributed by atoms with E-state index in [-0.39, 0.29) is 0 Å².